The fraction of sp³-hybridized carbons (Fsp3) is 0.588. The number of benzene rings is 1. The molecule has 0 radical (unpaired) electrons. The molecule has 1 fully saturated rings. The zero-order valence-corrected chi connectivity index (χ0v) is 12.5. The average Bonchev–Trinajstić information content (AvgIpc) is 2.65. The maximum absolute atomic E-state index is 8.99. The van der Waals surface area contributed by atoms with Crippen LogP contribution >= 0.6 is 0 Å². The number of anilines is 1. The Hall–Kier alpha value is -1.49. The molecule has 0 saturated carbocycles. The van der Waals surface area contributed by atoms with E-state index in [4.69, 9.17) is 5.26 Å². The maximum Gasteiger partial charge on any atom is 0.0625 e. The molecule has 0 aromatic heterocycles. The third kappa shape index (κ3) is 2.47. The molecule has 1 aliphatic rings. The summed E-state index contributed by atoms with van der Waals surface area (Å²) in [4.78, 5) is 2.50. The molecule has 2 heteroatoms. The van der Waals surface area contributed by atoms with Crippen LogP contribution in [-0.4, -0.2) is 12.1 Å². The van der Waals surface area contributed by atoms with Gasteiger partial charge >= 0.3 is 0 Å². The predicted octanol–water partition coefficient (Wildman–Crippen LogP) is 4.33. The summed E-state index contributed by atoms with van der Waals surface area (Å²) in [6.07, 6.45) is 1.78. The maximum atomic E-state index is 8.99. The third-order valence-corrected chi connectivity index (χ3v) is 4.58. The Balaban J connectivity index is 2.36. The van der Waals surface area contributed by atoms with Crippen LogP contribution in [0.3, 0.4) is 0 Å². The van der Waals surface area contributed by atoms with E-state index in [0.717, 1.165) is 13.0 Å². The smallest absolute Gasteiger partial charge is 0.0625 e. The highest BCUT2D eigenvalue weighted by Gasteiger charge is 2.41. The van der Waals surface area contributed by atoms with Crippen molar-refractivity contribution in [1.29, 1.82) is 5.26 Å². The third-order valence-electron chi connectivity index (χ3n) is 4.58. The van der Waals surface area contributed by atoms with Crippen LogP contribution in [0.1, 0.15) is 52.0 Å². The summed E-state index contributed by atoms with van der Waals surface area (Å²) in [5.74, 6) is 1.000. The zero-order valence-electron chi connectivity index (χ0n) is 12.5. The average molecular weight is 256 g/mol. The minimum Gasteiger partial charge on any atom is -0.366 e. The largest absolute Gasteiger partial charge is 0.366 e. The first-order valence-corrected chi connectivity index (χ1v) is 7.22. The summed E-state index contributed by atoms with van der Waals surface area (Å²) in [5.41, 5.74) is 2.83. The van der Waals surface area contributed by atoms with Gasteiger partial charge in [-0.3, -0.25) is 0 Å². The molecule has 1 aromatic carbocycles. The first kappa shape index (κ1) is 13.9. The Morgan fingerprint density at radius 1 is 1.37 bits per heavy atom. The monoisotopic (exact) mass is 256 g/mol. The first-order valence-electron chi connectivity index (χ1n) is 7.22. The highest BCUT2D eigenvalue weighted by atomic mass is 15.2. The van der Waals surface area contributed by atoms with E-state index in [9.17, 15) is 0 Å². The Morgan fingerprint density at radius 2 is 2.05 bits per heavy atom. The highest BCUT2D eigenvalue weighted by molar-refractivity contribution is 5.58. The summed E-state index contributed by atoms with van der Waals surface area (Å²) in [5, 5.41) is 8.99. The topological polar surface area (TPSA) is 27.0 Å². The van der Waals surface area contributed by atoms with Crippen molar-refractivity contribution in [3.63, 3.8) is 0 Å². The lowest BCUT2D eigenvalue weighted by Gasteiger charge is -2.38. The molecular formula is C17H24N2. The van der Waals surface area contributed by atoms with Crippen molar-refractivity contribution in [1.82, 2.24) is 0 Å². The highest BCUT2D eigenvalue weighted by Crippen LogP contribution is 2.42. The van der Waals surface area contributed by atoms with Gasteiger partial charge < -0.3 is 4.90 Å². The molecule has 0 N–H and O–H groups in total. The molecule has 1 heterocycles. The van der Waals surface area contributed by atoms with Crippen molar-refractivity contribution in [3.8, 4) is 6.07 Å². The first-order chi connectivity index (χ1) is 8.98. The van der Waals surface area contributed by atoms with Crippen LogP contribution in [0.4, 0.5) is 5.69 Å². The van der Waals surface area contributed by atoms with Gasteiger partial charge in [-0.05, 0) is 43.7 Å². The summed E-state index contributed by atoms with van der Waals surface area (Å²) >= 11 is 0. The minimum absolute atomic E-state index is 0.0702. The normalized spacial score (nSPS) is 21.7. The second kappa shape index (κ2) is 5.25. The van der Waals surface area contributed by atoms with Gasteiger partial charge in [0.25, 0.3) is 0 Å². The number of nitrogens with zero attached hydrogens (tertiary/aromatic N) is 2. The zero-order chi connectivity index (χ0) is 14.0. The molecule has 0 amide bonds. The number of hydrogen-bond donors (Lipinski definition) is 0. The van der Waals surface area contributed by atoms with E-state index in [1.165, 1.54) is 11.3 Å². The Kier molecular flexibility index (Phi) is 3.85. The van der Waals surface area contributed by atoms with Gasteiger partial charge in [0.05, 0.1) is 6.07 Å². The van der Waals surface area contributed by atoms with Crippen LogP contribution in [0.2, 0.25) is 0 Å². The number of hydrogen-bond acceptors (Lipinski definition) is 2. The summed E-state index contributed by atoms with van der Waals surface area (Å²) in [6.45, 7) is 10.1. The molecule has 1 aromatic rings. The van der Waals surface area contributed by atoms with Crippen LogP contribution in [-0.2, 0) is 0 Å². The fourth-order valence-corrected chi connectivity index (χ4v) is 3.26. The van der Waals surface area contributed by atoms with Gasteiger partial charge in [-0.2, -0.15) is 5.26 Å². The Bertz CT molecular complexity index is 482. The standard InChI is InChI=1S/C17H24N2/c1-13(2)15-7-5-6-8-16(15)19-12-10-14(9-11-18)17(19,3)4/h5-8,13-14H,9-10,12H2,1-4H3. The van der Waals surface area contributed by atoms with Gasteiger partial charge in [-0.1, -0.05) is 32.0 Å². The van der Waals surface area contributed by atoms with Crippen molar-refractivity contribution in [3.05, 3.63) is 29.8 Å². The lowest BCUT2D eigenvalue weighted by molar-refractivity contribution is 0.371. The van der Waals surface area contributed by atoms with Gasteiger partial charge in [0.2, 0.25) is 0 Å². The molecule has 2 rings (SSSR count). The van der Waals surface area contributed by atoms with Crippen molar-refractivity contribution >= 4 is 5.69 Å². The van der Waals surface area contributed by atoms with E-state index in [2.05, 4.69) is 62.9 Å². The lowest BCUT2D eigenvalue weighted by Crippen LogP contribution is -2.43. The van der Waals surface area contributed by atoms with E-state index in [1.807, 2.05) is 0 Å². The van der Waals surface area contributed by atoms with Crippen molar-refractivity contribution in [2.75, 3.05) is 11.4 Å². The lowest BCUT2D eigenvalue weighted by atomic mass is 9.85. The van der Waals surface area contributed by atoms with E-state index < -0.39 is 0 Å². The SMILES string of the molecule is CC(C)c1ccccc1N1CCC(CC#N)C1(C)C. The van der Waals surface area contributed by atoms with Crippen LogP contribution in [0.15, 0.2) is 24.3 Å². The Labute approximate surface area is 117 Å². The molecule has 1 atom stereocenters. The molecule has 1 aliphatic heterocycles. The number of para-hydroxylation sites is 1. The van der Waals surface area contributed by atoms with E-state index in [0.29, 0.717) is 18.3 Å². The second-order valence-electron chi connectivity index (χ2n) is 6.37. The number of nitriles is 1. The molecule has 102 valence electrons. The molecule has 1 saturated heterocycles. The second-order valence-corrected chi connectivity index (χ2v) is 6.37. The van der Waals surface area contributed by atoms with Gasteiger partial charge in [-0.25, -0.2) is 0 Å². The van der Waals surface area contributed by atoms with Gasteiger partial charge in [0.15, 0.2) is 0 Å². The van der Waals surface area contributed by atoms with E-state index in [-0.39, 0.29) is 5.54 Å². The minimum atomic E-state index is 0.0702. The van der Waals surface area contributed by atoms with Crippen LogP contribution in [0.5, 0.6) is 0 Å². The van der Waals surface area contributed by atoms with E-state index in [1.54, 1.807) is 0 Å². The van der Waals surface area contributed by atoms with Crippen LogP contribution < -0.4 is 4.90 Å². The van der Waals surface area contributed by atoms with Crippen LogP contribution in [0.25, 0.3) is 0 Å². The van der Waals surface area contributed by atoms with Gasteiger partial charge in [0, 0.05) is 24.2 Å². The van der Waals surface area contributed by atoms with Gasteiger partial charge in [-0.15, -0.1) is 0 Å². The molecule has 0 spiro atoms. The quantitative estimate of drug-likeness (QED) is 0.805. The Morgan fingerprint density at radius 3 is 2.68 bits per heavy atom. The fourth-order valence-electron chi connectivity index (χ4n) is 3.26. The molecule has 2 nitrogen and oxygen atoms in total. The summed E-state index contributed by atoms with van der Waals surface area (Å²) < 4.78 is 0. The summed E-state index contributed by atoms with van der Waals surface area (Å²) in [6, 6.07) is 11.0. The number of rotatable bonds is 3. The van der Waals surface area contributed by atoms with Crippen LogP contribution in [0, 0.1) is 17.2 Å². The van der Waals surface area contributed by atoms with Gasteiger partial charge in [0.1, 0.15) is 0 Å². The molecule has 0 bridgehead atoms. The van der Waals surface area contributed by atoms with Crippen molar-refractivity contribution in [2.45, 2.75) is 52.0 Å². The molecule has 0 aliphatic carbocycles. The molecule has 19 heavy (non-hydrogen) atoms. The predicted molar refractivity (Wildman–Crippen MR) is 80.3 cm³/mol. The summed E-state index contributed by atoms with van der Waals surface area (Å²) in [7, 11) is 0. The molecule has 1 unspecified atom stereocenters. The van der Waals surface area contributed by atoms with Crippen molar-refractivity contribution < 1.29 is 0 Å². The van der Waals surface area contributed by atoms with E-state index >= 15 is 0 Å². The van der Waals surface area contributed by atoms with Crippen molar-refractivity contribution in [2.24, 2.45) is 5.92 Å². The molecular weight excluding hydrogens is 232 g/mol.